The Morgan fingerprint density at radius 2 is 1.80 bits per heavy atom. The van der Waals surface area contributed by atoms with Crippen LogP contribution in [0, 0.1) is 5.92 Å². The molecule has 1 rings (SSSR count). The van der Waals surface area contributed by atoms with Crippen molar-refractivity contribution in [2.24, 2.45) is 5.92 Å². The Bertz CT molecular complexity index is 385. The summed E-state index contributed by atoms with van der Waals surface area (Å²) in [4.78, 5) is 33.0. The Hall–Kier alpha value is -1.85. The van der Waals surface area contributed by atoms with Gasteiger partial charge in [-0.25, -0.2) is 9.59 Å². The number of carboxylic acid groups (broad SMARTS) is 1. The number of carboxylic acids is 1. The summed E-state index contributed by atoms with van der Waals surface area (Å²) in [6, 6.07) is -0.469. The highest BCUT2D eigenvalue weighted by molar-refractivity contribution is 6.02. The third-order valence-electron chi connectivity index (χ3n) is 3.49. The van der Waals surface area contributed by atoms with E-state index in [1.165, 1.54) is 12.8 Å². The molecule has 6 heteroatoms. The first-order valence-electron chi connectivity index (χ1n) is 7.03. The number of amides is 3. The first kappa shape index (κ1) is 16.2. The van der Waals surface area contributed by atoms with Crippen molar-refractivity contribution in [2.45, 2.75) is 51.5 Å². The van der Waals surface area contributed by atoms with Crippen molar-refractivity contribution in [1.82, 2.24) is 10.6 Å². The summed E-state index contributed by atoms with van der Waals surface area (Å²) >= 11 is 0. The highest BCUT2D eigenvalue weighted by Crippen LogP contribution is 2.27. The molecule has 0 bridgehead atoms. The molecule has 3 amide bonds. The molecule has 1 fully saturated rings. The number of aliphatic carboxylic acids is 1. The molecule has 0 atom stereocenters. The molecule has 1 aliphatic rings. The topological polar surface area (TPSA) is 95.5 Å². The predicted octanol–water partition coefficient (Wildman–Crippen LogP) is 1.81. The second-order valence-electron chi connectivity index (χ2n) is 5.14. The Kier molecular flexibility index (Phi) is 6.76. The van der Waals surface area contributed by atoms with Crippen molar-refractivity contribution in [3.8, 4) is 0 Å². The first-order chi connectivity index (χ1) is 9.51. The van der Waals surface area contributed by atoms with E-state index in [-0.39, 0.29) is 6.04 Å². The lowest BCUT2D eigenvalue weighted by Crippen LogP contribution is -2.45. The van der Waals surface area contributed by atoms with Gasteiger partial charge in [0.05, 0.1) is 0 Å². The van der Waals surface area contributed by atoms with Gasteiger partial charge in [-0.05, 0) is 31.6 Å². The van der Waals surface area contributed by atoms with Crippen LogP contribution in [-0.4, -0.2) is 29.1 Å². The van der Waals surface area contributed by atoms with E-state index >= 15 is 0 Å². The summed E-state index contributed by atoms with van der Waals surface area (Å²) < 4.78 is 0. The maximum Gasteiger partial charge on any atom is 0.328 e. The van der Waals surface area contributed by atoms with Crippen LogP contribution in [0.15, 0.2) is 12.2 Å². The lowest BCUT2D eigenvalue weighted by Gasteiger charge is -2.28. The molecular weight excluding hydrogens is 260 g/mol. The summed E-state index contributed by atoms with van der Waals surface area (Å²) in [6.45, 7) is 2.17. The van der Waals surface area contributed by atoms with Crippen molar-refractivity contribution in [3.05, 3.63) is 12.2 Å². The maximum atomic E-state index is 11.5. The molecule has 20 heavy (non-hydrogen) atoms. The van der Waals surface area contributed by atoms with Crippen molar-refractivity contribution in [1.29, 1.82) is 0 Å². The number of hydrogen-bond acceptors (Lipinski definition) is 3. The van der Waals surface area contributed by atoms with Crippen LogP contribution >= 0.6 is 0 Å². The number of carbonyl (C=O) groups is 3. The fourth-order valence-corrected chi connectivity index (χ4v) is 2.53. The maximum absolute atomic E-state index is 11.5. The van der Waals surface area contributed by atoms with Gasteiger partial charge in [-0.1, -0.05) is 19.8 Å². The number of urea groups is 1. The molecule has 6 nitrogen and oxygen atoms in total. The minimum absolute atomic E-state index is 0.0966. The molecular formula is C14H22N2O4. The van der Waals surface area contributed by atoms with Crippen molar-refractivity contribution in [2.75, 3.05) is 0 Å². The van der Waals surface area contributed by atoms with Crippen LogP contribution in [0.25, 0.3) is 0 Å². The summed E-state index contributed by atoms with van der Waals surface area (Å²) in [5.74, 6) is -1.21. The molecule has 0 aliphatic heterocycles. The minimum atomic E-state index is -1.23. The average Bonchev–Trinajstić information content (AvgIpc) is 2.39. The van der Waals surface area contributed by atoms with E-state index in [1.807, 2.05) is 0 Å². The van der Waals surface area contributed by atoms with E-state index < -0.39 is 17.9 Å². The van der Waals surface area contributed by atoms with E-state index in [4.69, 9.17) is 5.11 Å². The fourth-order valence-electron chi connectivity index (χ4n) is 2.53. The van der Waals surface area contributed by atoms with Gasteiger partial charge >= 0.3 is 12.0 Å². The molecule has 1 saturated carbocycles. The van der Waals surface area contributed by atoms with E-state index in [9.17, 15) is 14.4 Å². The average molecular weight is 282 g/mol. The molecule has 112 valence electrons. The van der Waals surface area contributed by atoms with E-state index in [1.54, 1.807) is 0 Å². The lowest BCUT2D eigenvalue weighted by atomic mass is 9.83. The smallest absolute Gasteiger partial charge is 0.328 e. The standard InChI is InChI=1S/C14H22N2O4/c1-2-3-10-4-6-11(7-5-10)15-14(20)16-12(17)8-9-13(18)19/h8-11H,2-7H2,1H3,(H,18,19)(H2,15,16,17,20). The van der Waals surface area contributed by atoms with Crippen molar-refractivity contribution in [3.63, 3.8) is 0 Å². The molecule has 0 radical (unpaired) electrons. The third kappa shape index (κ3) is 6.36. The molecule has 3 N–H and O–H groups in total. The van der Waals surface area contributed by atoms with Gasteiger partial charge in [-0.15, -0.1) is 0 Å². The Labute approximate surface area is 118 Å². The van der Waals surface area contributed by atoms with Gasteiger partial charge in [0.25, 0.3) is 5.91 Å². The SMILES string of the molecule is CCCC1CCC(NC(=O)NC(=O)C=CC(=O)O)CC1. The number of nitrogens with one attached hydrogen (secondary N) is 2. The van der Waals surface area contributed by atoms with Crippen LogP contribution < -0.4 is 10.6 Å². The Balaban J connectivity index is 2.26. The zero-order chi connectivity index (χ0) is 15.0. The molecule has 1 aliphatic carbocycles. The van der Waals surface area contributed by atoms with Crippen molar-refractivity contribution < 1.29 is 19.5 Å². The van der Waals surface area contributed by atoms with Gasteiger partial charge in [-0.2, -0.15) is 0 Å². The van der Waals surface area contributed by atoms with Crippen LogP contribution in [0.4, 0.5) is 4.79 Å². The van der Waals surface area contributed by atoms with E-state index in [0.29, 0.717) is 6.08 Å². The monoisotopic (exact) mass is 282 g/mol. The number of imide groups is 1. The van der Waals surface area contributed by atoms with E-state index in [0.717, 1.165) is 37.7 Å². The van der Waals surface area contributed by atoms with Gasteiger partial charge in [0.15, 0.2) is 0 Å². The molecule has 0 spiro atoms. The summed E-state index contributed by atoms with van der Waals surface area (Å²) in [6.07, 6.45) is 8.00. The summed E-state index contributed by atoms with van der Waals surface area (Å²) in [5.41, 5.74) is 0. The van der Waals surface area contributed by atoms with Crippen molar-refractivity contribution >= 4 is 17.9 Å². The van der Waals surface area contributed by atoms with Gasteiger partial charge in [0.1, 0.15) is 0 Å². The zero-order valence-corrected chi connectivity index (χ0v) is 11.7. The highest BCUT2D eigenvalue weighted by atomic mass is 16.4. The second-order valence-corrected chi connectivity index (χ2v) is 5.14. The molecule has 0 saturated heterocycles. The van der Waals surface area contributed by atoms with Crippen LogP contribution in [0.1, 0.15) is 45.4 Å². The van der Waals surface area contributed by atoms with Gasteiger partial charge < -0.3 is 10.4 Å². The van der Waals surface area contributed by atoms with Crippen LogP contribution in [0.3, 0.4) is 0 Å². The number of hydrogen-bond donors (Lipinski definition) is 3. The molecule has 0 aromatic carbocycles. The quantitative estimate of drug-likeness (QED) is 0.670. The Morgan fingerprint density at radius 3 is 2.35 bits per heavy atom. The van der Waals surface area contributed by atoms with Crippen LogP contribution in [-0.2, 0) is 9.59 Å². The molecule has 0 heterocycles. The predicted molar refractivity (Wildman–Crippen MR) is 74.1 cm³/mol. The highest BCUT2D eigenvalue weighted by Gasteiger charge is 2.22. The summed E-state index contributed by atoms with van der Waals surface area (Å²) in [7, 11) is 0. The fraction of sp³-hybridized carbons (Fsp3) is 0.643. The third-order valence-corrected chi connectivity index (χ3v) is 3.49. The lowest BCUT2D eigenvalue weighted by molar-refractivity contribution is -0.131. The molecule has 0 aromatic rings. The molecule has 0 aromatic heterocycles. The minimum Gasteiger partial charge on any atom is -0.478 e. The normalized spacial score (nSPS) is 22.4. The zero-order valence-electron chi connectivity index (χ0n) is 11.7. The van der Waals surface area contributed by atoms with Gasteiger partial charge in [0.2, 0.25) is 0 Å². The van der Waals surface area contributed by atoms with Gasteiger partial charge in [-0.3, -0.25) is 10.1 Å². The van der Waals surface area contributed by atoms with Crippen LogP contribution in [0.2, 0.25) is 0 Å². The Morgan fingerprint density at radius 1 is 1.15 bits per heavy atom. The van der Waals surface area contributed by atoms with E-state index in [2.05, 4.69) is 17.6 Å². The number of rotatable bonds is 5. The second kappa shape index (κ2) is 8.35. The van der Waals surface area contributed by atoms with Gasteiger partial charge in [0, 0.05) is 18.2 Å². The first-order valence-corrected chi connectivity index (χ1v) is 7.03. The molecule has 0 unspecified atom stereocenters. The summed E-state index contributed by atoms with van der Waals surface area (Å²) in [5, 5.41) is 13.2. The number of carbonyl (C=O) groups excluding carboxylic acids is 2. The van der Waals surface area contributed by atoms with Crippen LogP contribution in [0.5, 0.6) is 0 Å². The largest absolute Gasteiger partial charge is 0.478 e.